The van der Waals surface area contributed by atoms with Gasteiger partial charge in [0.25, 0.3) is 11.5 Å². The number of carbonyl (C=O) groups is 1. The summed E-state index contributed by atoms with van der Waals surface area (Å²) in [5.41, 5.74) is 0.660. The number of rotatable bonds is 2. The van der Waals surface area contributed by atoms with Crippen LogP contribution in [0.5, 0.6) is 0 Å². The summed E-state index contributed by atoms with van der Waals surface area (Å²) in [5, 5.41) is 0.831. The van der Waals surface area contributed by atoms with Crippen LogP contribution in [0.4, 0.5) is 0 Å². The number of pyridine rings is 2. The number of likely N-dealkylation sites (tertiary alicyclic amines) is 1. The molecule has 1 amide bonds. The summed E-state index contributed by atoms with van der Waals surface area (Å²) in [6.45, 7) is 6.07. The highest BCUT2D eigenvalue weighted by Crippen LogP contribution is 2.18. The molecule has 116 valence electrons. The zero-order valence-corrected chi connectivity index (χ0v) is 13.1. The number of aromatic nitrogens is 2. The topological polar surface area (TPSA) is 55.2 Å². The molecule has 1 aliphatic rings. The first-order valence-electron chi connectivity index (χ1n) is 7.89. The fraction of sp³-hybridized carbons (Fsp3) is 0.471. The van der Waals surface area contributed by atoms with Crippen LogP contribution in [0, 0.1) is 5.92 Å². The molecule has 0 N–H and O–H groups in total. The van der Waals surface area contributed by atoms with E-state index in [4.69, 9.17) is 0 Å². The van der Waals surface area contributed by atoms with E-state index in [9.17, 15) is 9.59 Å². The Bertz CT molecular complexity index is 758. The van der Waals surface area contributed by atoms with Crippen LogP contribution in [0.25, 0.3) is 11.0 Å². The third kappa shape index (κ3) is 2.51. The summed E-state index contributed by atoms with van der Waals surface area (Å²) in [4.78, 5) is 31.4. The van der Waals surface area contributed by atoms with Crippen LogP contribution in [-0.4, -0.2) is 33.4 Å². The number of piperidine rings is 1. The largest absolute Gasteiger partial charge is 0.338 e. The van der Waals surface area contributed by atoms with Gasteiger partial charge in [-0.2, -0.15) is 0 Å². The third-order valence-electron chi connectivity index (χ3n) is 4.47. The Kier molecular flexibility index (Phi) is 3.96. The van der Waals surface area contributed by atoms with Crippen LogP contribution in [0.3, 0.4) is 0 Å². The maximum absolute atomic E-state index is 12.7. The number of aryl methyl sites for hydroxylation is 1. The van der Waals surface area contributed by atoms with E-state index in [0.717, 1.165) is 31.3 Å². The Labute approximate surface area is 129 Å². The zero-order valence-electron chi connectivity index (χ0n) is 13.1. The molecule has 0 aromatic carbocycles. The molecular formula is C17H21N3O2. The van der Waals surface area contributed by atoms with E-state index in [-0.39, 0.29) is 17.0 Å². The summed E-state index contributed by atoms with van der Waals surface area (Å²) in [5.74, 6) is 0.502. The minimum atomic E-state index is -0.239. The fourth-order valence-corrected chi connectivity index (χ4v) is 3.04. The van der Waals surface area contributed by atoms with E-state index in [1.807, 2.05) is 19.1 Å². The van der Waals surface area contributed by atoms with E-state index < -0.39 is 0 Å². The zero-order chi connectivity index (χ0) is 15.7. The lowest BCUT2D eigenvalue weighted by molar-refractivity contribution is 0.0695. The lowest BCUT2D eigenvalue weighted by atomic mass is 9.98. The lowest BCUT2D eigenvalue weighted by Gasteiger charge is -2.30. The molecule has 1 fully saturated rings. The summed E-state index contributed by atoms with van der Waals surface area (Å²) in [6, 6.07) is 5.41. The van der Waals surface area contributed by atoms with Crippen molar-refractivity contribution in [1.82, 2.24) is 14.5 Å². The van der Waals surface area contributed by atoms with Crippen LogP contribution >= 0.6 is 0 Å². The Balaban J connectivity index is 2.05. The van der Waals surface area contributed by atoms with Crippen LogP contribution in [0.1, 0.15) is 37.0 Å². The molecule has 5 heteroatoms. The number of amides is 1. The number of fused-ring (bicyclic) bond motifs is 1. The first-order valence-corrected chi connectivity index (χ1v) is 7.89. The molecule has 3 rings (SSSR count). The van der Waals surface area contributed by atoms with Gasteiger partial charge in [-0.1, -0.05) is 6.92 Å². The van der Waals surface area contributed by atoms with Gasteiger partial charge in [-0.15, -0.1) is 0 Å². The highest BCUT2D eigenvalue weighted by atomic mass is 16.2. The van der Waals surface area contributed by atoms with Crippen molar-refractivity contribution in [2.45, 2.75) is 33.2 Å². The van der Waals surface area contributed by atoms with Gasteiger partial charge >= 0.3 is 0 Å². The van der Waals surface area contributed by atoms with Crippen molar-refractivity contribution in [1.29, 1.82) is 0 Å². The first-order chi connectivity index (χ1) is 10.6. The molecule has 0 atom stereocenters. The van der Waals surface area contributed by atoms with Crippen molar-refractivity contribution in [3.8, 4) is 0 Å². The van der Waals surface area contributed by atoms with Crippen LogP contribution < -0.4 is 5.56 Å². The minimum Gasteiger partial charge on any atom is -0.338 e. The van der Waals surface area contributed by atoms with Crippen LogP contribution in [-0.2, 0) is 6.54 Å². The molecule has 0 unspecified atom stereocenters. The minimum absolute atomic E-state index is 0.148. The number of carbonyl (C=O) groups excluding carboxylic acids is 1. The molecule has 22 heavy (non-hydrogen) atoms. The van der Waals surface area contributed by atoms with Crippen molar-refractivity contribution in [3.05, 3.63) is 40.3 Å². The molecule has 3 heterocycles. The van der Waals surface area contributed by atoms with Crippen molar-refractivity contribution >= 4 is 16.9 Å². The molecule has 5 nitrogen and oxygen atoms in total. The monoisotopic (exact) mass is 299 g/mol. The number of hydrogen-bond acceptors (Lipinski definition) is 3. The molecule has 0 bridgehead atoms. The van der Waals surface area contributed by atoms with Gasteiger partial charge < -0.3 is 4.90 Å². The highest BCUT2D eigenvalue weighted by Gasteiger charge is 2.24. The maximum Gasteiger partial charge on any atom is 0.265 e. The second-order valence-corrected chi connectivity index (χ2v) is 6.00. The fourth-order valence-electron chi connectivity index (χ4n) is 3.04. The molecule has 0 saturated carbocycles. The van der Waals surface area contributed by atoms with Gasteiger partial charge in [0.2, 0.25) is 0 Å². The van der Waals surface area contributed by atoms with Crippen molar-refractivity contribution in [2.75, 3.05) is 13.1 Å². The van der Waals surface area contributed by atoms with Crippen molar-refractivity contribution in [2.24, 2.45) is 5.92 Å². The average Bonchev–Trinajstić information content (AvgIpc) is 2.54. The standard InChI is InChI=1S/C17H21N3O2/c1-3-20-15-13(5-4-8-18-15)11-14(17(20)22)16(21)19-9-6-12(2)7-10-19/h4-5,8,11-12H,3,6-7,9-10H2,1-2H3. The van der Waals surface area contributed by atoms with Gasteiger partial charge in [-0.3, -0.25) is 14.2 Å². The molecule has 2 aromatic heterocycles. The Morgan fingerprint density at radius 1 is 1.36 bits per heavy atom. The summed E-state index contributed by atoms with van der Waals surface area (Å²) in [7, 11) is 0. The SMILES string of the molecule is CCn1c(=O)c(C(=O)N2CCC(C)CC2)cc2cccnc21. The molecule has 0 aliphatic carbocycles. The molecule has 1 aliphatic heterocycles. The van der Waals surface area contributed by atoms with Gasteiger partial charge in [0, 0.05) is 31.2 Å². The van der Waals surface area contributed by atoms with E-state index >= 15 is 0 Å². The van der Waals surface area contributed by atoms with Crippen LogP contribution in [0.2, 0.25) is 0 Å². The van der Waals surface area contributed by atoms with Gasteiger partial charge in [-0.25, -0.2) is 4.98 Å². The molecule has 0 spiro atoms. The summed E-state index contributed by atoms with van der Waals surface area (Å²) < 4.78 is 1.58. The van der Waals surface area contributed by atoms with Crippen molar-refractivity contribution < 1.29 is 4.79 Å². The second kappa shape index (κ2) is 5.91. The second-order valence-electron chi connectivity index (χ2n) is 6.00. The smallest absolute Gasteiger partial charge is 0.265 e. The first kappa shape index (κ1) is 14.8. The van der Waals surface area contributed by atoms with E-state index in [0.29, 0.717) is 18.1 Å². The molecular weight excluding hydrogens is 278 g/mol. The summed E-state index contributed by atoms with van der Waals surface area (Å²) >= 11 is 0. The predicted octanol–water partition coefficient (Wildman–Crippen LogP) is 2.29. The Hall–Kier alpha value is -2.17. The summed E-state index contributed by atoms with van der Waals surface area (Å²) in [6.07, 6.45) is 3.67. The average molecular weight is 299 g/mol. The van der Waals surface area contributed by atoms with E-state index in [1.54, 1.807) is 21.7 Å². The Morgan fingerprint density at radius 2 is 2.09 bits per heavy atom. The van der Waals surface area contributed by atoms with E-state index in [2.05, 4.69) is 11.9 Å². The van der Waals surface area contributed by atoms with Gasteiger partial charge in [0.15, 0.2) is 0 Å². The molecule has 0 radical (unpaired) electrons. The molecule has 1 saturated heterocycles. The Morgan fingerprint density at radius 3 is 2.77 bits per heavy atom. The number of nitrogens with zero attached hydrogens (tertiary/aromatic N) is 3. The quantitative estimate of drug-likeness (QED) is 0.855. The maximum atomic E-state index is 12.7. The van der Waals surface area contributed by atoms with Crippen molar-refractivity contribution in [3.63, 3.8) is 0 Å². The van der Waals surface area contributed by atoms with Gasteiger partial charge in [0.1, 0.15) is 11.2 Å². The normalized spacial score (nSPS) is 16.2. The highest BCUT2D eigenvalue weighted by molar-refractivity contribution is 5.97. The molecule has 2 aromatic rings. The van der Waals surface area contributed by atoms with Crippen LogP contribution in [0.15, 0.2) is 29.2 Å². The van der Waals surface area contributed by atoms with Gasteiger partial charge in [0.05, 0.1) is 0 Å². The lowest BCUT2D eigenvalue weighted by Crippen LogP contribution is -2.41. The predicted molar refractivity (Wildman–Crippen MR) is 86.0 cm³/mol. The van der Waals surface area contributed by atoms with Gasteiger partial charge in [-0.05, 0) is 43.9 Å². The van der Waals surface area contributed by atoms with E-state index in [1.165, 1.54) is 0 Å². The third-order valence-corrected chi connectivity index (χ3v) is 4.47. The number of hydrogen-bond donors (Lipinski definition) is 0.